The summed E-state index contributed by atoms with van der Waals surface area (Å²) in [5.74, 6) is 0.202. The van der Waals surface area contributed by atoms with Crippen molar-refractivity contribution in [2.75, 3.05) is 0 Å². The first-order valence-electron chi connectivity index (χ1n) is 4.19. The number of aromatic nitrogens is 2. The molecule has 68 valence electrons. The van der Waals surface area contributed by atoms with Crippen molar-refractivity contribution in [3.63, 3.8) is 0 Å². The molecule has 0 N–H and O–H groups in total. The topological polar surface area (TPSA) is 34.9 Å². The predicted molar refractivity (Wildman–Crippen MR) is 53.1 cm³/mol. The second kappa shape index (κ2) is 3.46. The van der Waals surface area contributed by atoms with Crippen LogP contribution in [0.2, 0.25) is 0 Å². The van der Waals surface area contributed by atoms with Crippen LogP contribution in [-0.2, 0) is 4.79 Å². The molecule has 1 aliphatic rings. The van der Waals surface area contributed by atoms with Gasteiger partial charge in [0, 0.05) is 24.4 Å². The van der Waals surface area contributed by atoms with Gasteiger partial charge in [-0.1, -0.05) is 0 Å². The van der Waals surface area contributed by atoms with Gasteiger partial charge in [0.2, 0.25) is 0 Å². The average molecular weight is 241 g/mol. The van der Waals surface area contributed by atoms with E-state index in [2.05, 4.69) is 21.0 Å². The third kappa shape index (κ3) is 1.88. The Labute approximate surface area is 84.6 Å². The molecular formula is C9H9BrN2O. The van der Waals surface area contributed by atoms with Gasteiger partial charge in [-0.25, -0.2) is 4.68 Å². The fourth-order valence-corrected chi connectivity index (χ4v) is 1.70. The molecule has 0 fully saturated rings. The van der Waals surface area contributed by atoms with Crippen LogP contribution in [0.15, 0.2) is 22.9 Å². The number of halogens is 1. The Hall–Kier alpha value is -0.900. The average Bonchev–Trinajstić information content (AvgIpc) is 2.52. The van der Waals surface area contributed by atoms with Crippen LogP contribution < -0.4 is 0 Å². The summed E-state index contributed by atoms with van der Waals surface area (Å²) in [5.41, 5.74) is 0.988. The van der Waals surface area contributed by atoms with E-state index in [-0.39, 0.29) is 5.78 Å². The predicted octanol–water partition coefficient (Wildman–Crippen LogP) is 2.24. The number of hydrogen-bond acceptors (Lipinski definition) is 2. The molecule has 2 rings (SSSR count). The van der Waals surface area contributed by atoms with Crippen molar-refractivity contribution in [3.8, 4) is 0 Å². The van der Waals surface area contributed by atoms with Crippen LogP contribution >= 0.6 is 15.9 Å². The summed E-state index contributed by atoms with van der Waals surface area (Å²) in [6.45, 7) is 0. The highest BCUT2D eigenvalue weighted by Crippen LogP contribution is 2.20. The van der Waals surface area contributed by atoms with Crippen LogP contribution in [0.3, 0.4) is 0 Å². The van der Waals surface area contributed by atoms with Gasteiger partial charge in [-0.3, -0.25) is 4.79 Å². The van der Waals surface area contributed by atoms with Crippen LogP contribution in [0.5, 0.6) is 0 Å². The molecule has 4 heteroatoms. The van der Waals surface area contributed by atoms with E-state index in [1.807, 2.05) is 6.20 Å². The lowest BCUT2D eigenvalue weighted by atomic mass is 10.0. The molecule has 0 spiro atoms. The number of carbonyl (C=O) groups excluding carboxylic acids is 1. The Balaban J connectivity index is 2.30. The van der Waals surface area contributed by atoms with Gasteiger partial charge in [0.15, 0.2) is 5.78 Å². The van der Waals surface area contributed by atoms with Gasteiger partial charge >= 0.3 is 0 Å². The summed E-state index contributed by atoms with van der Waals surface area (Å²) in [7, 11) is 0. The van der Waals surface area contributed by atoms with Crippen molar-refractivity contribution in [1.82, 2.24) is 9.78 Å². The number of hydrogen-bond donors (Lipinski definition) is 0. The fourth-order valence-electron chi connectivity index (χ4n) is 1.41. The summed E-state index contributed by atoms with van der Waals surface area (Å²) in [4.78, 5) is 11.1. The molecule has 0 amide bonds. The van der Waals surface area contributed by atoms with Crippen LogP contribution in [-0.4, -0.2) is 15.6 Å². The summed E-state index contributed by atoms with van der Waals surface area (Å²) in [6.07, 6.45) is 7.81. The summed E-state index contributed by atoms with van der Waals surface area (Å²) < 4.78 is 2.69. The molecule has 1 aromatic heterocycles. The molecule has 1 heterocycles. The van der Waals surface area contributed by atoms with Crippen molar-refractivity contribution in [2.45, 2.75) is 19.3 Å². The van der Waals surface area contributed by atoms with E-state index in [0.717, 1.165) is 23.0 Å². The first kappa shape index (κ1) is 8.69. The van der Waals surface area contributed by atoms with E-state index in [0.29, 0.717) is 6.42 Å². The molecule has 0 unspecified atom stereocenters. The normalized spacial score (nSPS) is 17.3. The van der Waals surface area contributed by atoms with E-state index in [1.165, 1.54) is 0 Å². The van der Waals surface area contributed by atoms with Crippen LogP contribution in [0.1, 0.15) is 19.3 Å². The molecule has 1 aliphatic carbocycles. The van der Waals surface area contributed by atoms with Crippen LogP contribution in [0, 0.1) is 0 Å². The molecule has 0 saturated heterocycles. The first-order valence-corrected chi connectivity index (χ1v) is 4.99. The van der Waals surface area contributed by atoms with E-state index in [4.69, 9.17) is 0 Å². The van der Waals surface area contributed by atoms with E-state index >= 15 is 0 Å². The summed E-state index contributed by atoms with van der Waals surface area (Å²) >= 11 is 3.32. The number of ketones is 1. The lowest BCUT2D eigenvalue weighted by molar-refractivity contribution is -0.114. The van der Waals surface area contributed by atoms with Gasteiger partial charge < -0.3 is 0 Å². The van der Waals surface area contributed by atoms with E-state index in [1.54, 1.807) is 17.0 Å². The van der Waals surface area contributed by atoms with Crippen molar-refractivity contribution in [2.24, 2.45) is 0 Å². The highest BCUT2D eigenvalue weighted by Gasteiger charge is 2.11. The molecule has 13 heavy (non-hydrogen) atoms. The minimum absolute atomic E-state index is 0.202. The van der Waals surface area contributed by atoms with Crippen molar-refractivity contribution in [1.29, 1.82) is 0 Å². The fraction of sp³-hybridized carbons (Fsp3) is 0.333. The Kier molecular flexibility index (Phi) is 2.31. The molecule has 0 radical (unpaired) electrons. The number of allylic oxidation sites excluding steroid dienone is 2. The van der Waals surface area contributed by atoms with E-state index in [9.17, 15) is 4.79 Å². The van der Waals surface area contributed by atoms with Gasteiger partial charge in [-0.15, -0.1) is 0 Å². The van der Waals surface area contributed by atoms with Gasteiger partial charge in [-0.2, -0.15) is 5.10 Å². The lowest BCUT2D eigenvalue weighted by Gasteiger charge is -2.11. The maximum absolute atomic E-state index is 11.1. The molecule has 0 aromatic carbocycles. The van der Waals surface area contributed by atoms with Crippen LogP contribution in [0.25, 0.3) is 5.70 Å². The maximum atomic E-state index is 11.1. The van der Waals surface area contributed by atoms with Crippen molar-refractivity contribution < 1.29 is 4.79 Å². The Morgan fingerprint density at radius 1 is 1.46 bits per heavy atom. The second-order valence-corrected chi connectivity index (χ2v) is 3.97. The van der Waals surface area contributed by atoms with Crippen LogP contribution in [0.4, 0.5) is 0 Å². The molecular weight excluding hydrogens is 232 g/mol. The summed E-state index contributed by atoms with van der Waals surface area (Å²) in [5, 5.41) is 4.12. The molecule has 0 aliphatic heterocycles. The van der Waals surface area contributed by atoms with Gasteiger partial charge in [0.1, 0.15) is 0 Å². The molecule has 1 aromatic rings. The molecule has 0 bridgehead atoms. The van der Waals surface area contributed by atoms with Crippen molar-refractivity contribution >= 4 is 27.4 Å². The monoisotopic (exact) mass is 240 g/mol. The van der Waals surface area contributed by atoms with Crippen molar-refractivity contribution in [3.05, 3.63) is 22.9 Å². The number of nitrogens with zero attached hydrogens (tertiary/aromatic N) is 2. The molecule has 0 saturated carbocycles. The maximum Gasteiger partial charge on any atom is 0.157 e. The zero-order chi connectivity index (χ0) is 9.26. The second-order valence-electron chi connectivity index (χ2n) is 3.06. The zero-order valence-electron chi connectivity index (χ0n) is 7.03. The first-order chi connectivity index (χ1) is 6.25. The highest BCUT2D eigenvalue weighted by molar-refractivity contribution is 9.10. The quantitative estimate of drug-likeness (QED) is 0.755. The number of carbonyl (C=O) groups is 1. The summed E-state index contributed by atoms with van der Waals surface area (Å²) in [6, 6.07) is 0. The zero-order valence-corrected chi connectivity index (χ0v) is 8.62. The Bertz CT molecular complexity index is 367. The van der Waals surface area contributed by atoms with Gasteiger partial charge in [0.25, 0.3) is 0 Å². The minimum Gasteiger partial charge on any atom is -0.295 e. The highest BCUT2D eigenvalue weighted by atomic mass is 79.9. The Morgan fingerprint density at radius 3 is 2.92 bits per heavy atom. The minimum atomic E-state index is 0.202. The molecule has 0 atom stereocenters. The lowest BCUT2D eigenvalue weighted by Crippen LogP contribution is -2.07. The SMILES string of the molecule is O=C1C=C(n2cc(Br)cn2)CCC1. The van der Waals surface area contributed by atoms with Gasteiger partial charge in [0.05, 0.1) is 10.7 Å². The van der Waals surface area contributed by atoms with E-state index < -0.39 is 0 Å². The standard InChI is InChI=1S/C9H9BrN2O/c10-7-5-11-12(6-7)8-2-1-3-9(13)4-8/h4-6H,1-3H2. The number of rotatable bonds is 1. The third-order valence-corrected chi connectivity index (χ3v) is 2.44. The molecule has 3 nitrogen and oxygen atoms in total. The third-order valence-electron chi connectivity index (χ3n) is 2.03. The largest absolute Gasteiger partial charge is 0.295 e. The smallest absolute Gasteiger partial charge is 0.157 e. The van der Waals surface area contributed by atoms with Gasteiger partial charge in [-0.05, 0) is 28.8 Å². The Morgan fingerprint density at radius 2 is 2.31 bits per heavy atom.